The van der Waals surface area contributed by atoms with E-state index in [0.29, 0.717) is 5.69 Å². The van der Waals surface area contributed by atoms with Crippen LogP contribution in [0, 0.1) is 27.7 Å². The van der Waals surface area contributed by atoms with Gasteiger partial charge in [0.25, 0.3) is 5.91 Å². The Hall–Kier alpha value is -2.62. The van der Waals surface area contributed by atoms with Crippen molar-refractivity contribution in [1.29, 1.82) is 0 Å². The summed E-state index contributed by atoms with van der Waals surface area (Å²) in [5.74, 6) is -0.131. The van der Waals surface area contributed by atoms with Crippen molar-refractivity contribution < 1.29 is 4.79 Å². The largest absolute Gasteiger partial charge is 0.320 e. The number of aryl methyl sites for hydroxylation is 4. The van der Waals surface area contributed by atoms with E-state index in [9.17, 15) is 4.79 Å². The molecule has 0 fully saturated rings. The third kappa shape index (κ3) is 2.37. The molecule has 4 heteroatoms. The number of hydrogen-bond acceptors (Lipinski definition) is 2. The minimum absolute atomic E-state index is 0.131. The zero-order valence-electron chi connectivity index (χ0n) is 13.3. The number of pyridine rings is 1. The fourth-order valence-corrected chi connectivity index (χ4v) is 2.73. The number of carbonyl (C=O) groups excluding carboxylic acids is 1. The smallest absolute Gasteiger partial charge is 0.274 e. The molecule has 3 aromatic rings. The lowest BCUT2D eigenvalue weighted by Crippen LogP contribution is -2.17. The topological polar surface area (TPSA) is 46.4 Å². The highest BCUT2D eigenvalue weighted by Gasteiger charge is 2.18. The number of nitrogens with one attached hydrogen (secondary N) is 1. The van der Waals surface area contributed by atoms with Gasteiger partial charge in [-0.1, -0.05) is 24.3 Å². The van der Waals surface area contributed by atoms with E-state index in [4.69, 9.17) is 0 Å². The number of aromatic nitrogens is 2. The van der Waals surface area contributed by atoms with Crippen LogP contribution in [-0.2, 0) is 0 Å². The summed E-state index contributed by atoms with van der Waals surface area (Å²) in [6.07, 6.45) is 1.94. The van der Waals surface area contributed by atoms with E-state index >= 15 is 0 Å². The van der Waals surface area contributed by atoms with Crippen LogP contribution >= 0.6 is 0 Å². The minimum Gasteiger partial charge on any atom is -0.320 e. The Morgan fingerprint density at radius 1 is 1.05 bits per heavy atom. The molecule has 0 saturated carbocycles. The van der Waals surface area contributed by atoms with Gasteiger partial charge in [-0.25, -0.2) is 4.98 Å². The molecule has 3 rings (SSSR count). The van der Waals surface area contributed by atoms with E-state index in [1.807, 2.05) is 68.6 Å². The molecule has 0 unspecified atom stereocenters. The molecule has 4 nitrogen and oxygen atoms in total. The van der Waals surface area contributed by atoms with Crippen LogP contribution in [-0.4, -0.2) is 15.3 Å². The SMILES string of the molecule is Cc1ccc2nc(C)c(C(=O)Nc3c(C)cccc3C)n2c1. The summed E-state index contributed by atoms with van der Waals surface area (Å²) in [6.45, 7) is 7.85. The predicted molar refractivity (Wildman–Crippen MR) is 88.5 cm³/mol. The van der Waals surface area contributed by atoms with Gasteiger partial charge in [0, 0.05) is 11.9 Å². The highest BCUT2D eigenvalue weighted by Crippen LogP contribution is 2.21. The first kappa shape index (κ1) is 14.3. The molecule has 22 heavy (non-hydrogen) atoms. The number of para-hydroxylation sites is 1. The lowest BCUT2D eigenvalue weighted by Gasteiger charge is -2.11. The van der Waals surface area contributed by atoms with Gasteiger partial charge < -0.3 is 5.32 Å². The standard InChI is InChI=1S/C18H19N3O/c1-11-8-9-15-19-14(4)17(21(15)10-11)18(22)20-16-12(2)6-5-7-13(16)3/h5-10H,1-4H3,(H,20,22). The highest BCUT2D eigenvalue weighted by molar-refractivity contribution is 6.05. The van der Waals surface area contributed by atoms with Crippen LogP contribution in [0.3, 0.4) is 0 Å². The summed E-state index contributed by atoms with van der Waals surface area (Å²) in [5, 5.41) is 3.03. The lowest BCUT2D eigenvalue weighted by molar-refractivity contribution is 0.102. The van der Waals surface area contributed by atoms with Crippen LogP contribution in [0.1, 0.15) is 32.9 Å². The van der Waals surface area contributed by atoms with E-state index in [1.54, 1.807) is 0 Å². The molecule has 0 saturated heterocycles. The van der Waals surface area contributed by atoms with E-state index in [1.165, 1.54) is 0 Å². The highest BCUT2D eigenvalue weighted by atomic mass is 16.2. The van der Waals surface area contributed by atoms with Crippen molar-refractivity contribution in [1.82, 2.24) is 9.38 Å². The number of rotatable bonds is 2. The van der Waals surface area contributed by atoms with Crippen LogP contribution in [0.15, 0.2) is 36.5 Å². The van der Waals surface area contributed by atoms with E-state index in [0.717, 1.165) is 33.7 Å². The van der Waals surface area contributed by atoms with Gasteiger partial charge in [0.15, 0.2) is 0 Å². The molecule has 2 aromatic heterocycles. The van der Waals surface area contributed by atoms with Gasteiger partial charge in [-0.05, 0) is 50.5 Å². The predicted octanol–water partition coefficient (Wildman–Crippen LogP) is 3.82. The molecular weight excluding hydrogens is 274 g/mol. The Morgan fingerprint density at radius 2 is 1.73 bits per heavy atom. The molecular formula is C18H19N3O. The maximum atomic E-state index is 12.8. The van der Waals surface area contributed by atoms with Gasteiger partial charge in [-0.15, -0.1) is 0 Å². The summed E-state index contributed by atoms with van der Waals surface area (Å²) in [4.78, 5) is 17.2. The summed E-state index contributed by atoms with van der Waals surface area (Å²) >= 11 is 0. The average molecular weight is 293 g/mol. The first-order chi connectivity index (χ1) is 10.5. The number of hydrogen-bond donors (Lipinski definition) is 1. The van der Waals surface area contributed by atoms with Gasteiger partial charge >= 0.3 is 0 Å². The third-order valence-electron chi connectivity index (χ3n) is 3.88. The maximum absolute atomic E-state index is 12.8. The number of benzene rings is 1. The maximum Gasteiger partial charge on any atom is 0.274 e. The van der Waals surface area contributed by atoms with Crippen LogP contribution in [0.25, 0.3) is 5.65 Å². The van der Waals surface area contributed by atoms with Crippen LogP contribution < -0.4 is 5.32 Å². The molecule has 112 valence electrons. The molecule has 0 aliphatic heterocycles. The van der Waals surface area contributed by atoms with Crippen LogP contribution in [0.4, 0.5) is 5.69 Å². The van der Waals surface area contributed by atoms with Crippen molar-refractivity contribution in [3.63, 3.8) is 0 Å². The van der Waals surface area contributed by atoms with Crippen molar-refractivity contribution in [3.8, 4) is 0 Å². The number of anilines is 1. The molecule has 1 aromatic carbocycles. The number of imidazole rings is 1. The number of nitrogens with zero attached hydrogens (tertiary/aromatic N) is 2. The summed E-state index contributed by atoms with van der Waals surface area (Å²) in [5.41, 5.74) is 6.16. The molecule has 2 heterocycles. The second-order valence-corrected chi connectivity index (χ2v) is 5.70. The third-order valence-corrected chi connectivity index (χ3v) is 3.88. The van der Waals surface area contributed by atoms with Gasteiger partial charge in [0.1, 0.15) is 11.3 Å². The van der Waals surface area contributed by atoms with E-state index in [2.05, 4.69) is 10.3 Å². The molecule has 0 spiro atoms. The Labute approximate surface area is 129 Å². The molecule has 0 aliphatic carbocycles. The molecule has 0 bridgehead atoms. The number of amides is 1. The minimum atomic E-state index is -0.131. The molecule has 0 aliphatic rings. The van der Waals surface area contributed by atoms with Crippen molar-refractivity contribution in [2.24, 2.45) is 0 Å². The Kier molecular flexibility index (Phi) is 3.45. The van der Waals surface area contributed by atoms with Crippen molar-refractivity contribution >= 4 is 17.2 Å². The quantitative estimate of drug-likeness (QED) is 0.780. The first-order valence-electron chi connectivity index (χ1n) is 7.30. The molecule has 1 N–H and O–H groups in total. The van der Waals surface area contributed by atoms with Crippen molar-refractivity contribution in [3.05, 3.63) is 64.6 Å². The normalized spacial score (nSPS) is 10.9. The molecule has 0 atom stereocenters. The monoisotopic (exact) mass is 293 g/mol. The zero-order valence-corrected chi connectivity index (χ0v) is 13.3. The number of fused-ring (bicyclic) bond motifs is 1. The fourth-order valence-electron chi connectivity index (χ4n) is 2.73. The van der Waals surface area contributed by atoms with Crippen LogP contribution in [0.2, 0.25) is 0 Å². The average Bonchev–Trinajstić information content (AvgIpc) is 2.78. The lowest BCUT2D eigenvalue weighted by atomic mass is 10.1. The van der Waals surface area contributed by atoms with Gasteiger partial charge in [-0.3, -0.25) is 9.20 Å². The number of carbonyl (C=O) groups is 1. The van der Waals surface area contributed by atoms with E-state index < -0.39 is 0 Å². The van der Waals surface area contributed by atoms with Crippen LogP contribution in [0.5, 0.6) is 0 Å². The zero-order chi connectivity index (χ0) is 15.9. The second kappa shape index (κ2) is 5.30. The Bertz CT molecular complexity index is 857. The molecule has 1 amide bonds. The second-order valence-electron chi connectivity index (χ2n) is 5.70. The Balaban J connectivity index is 2.06. The van der Waals surface area contributed by atoms with Crippen molar-refractivity contribution in [2.75, 3.05) is 5.32 Å². The van der Waals surface area contributed by atoms with Gasteiger partial charge in [0.2, 0.25) is 0 Å². The Morgan fingerprint density at radius 3 is 2.41 bits per heavy atom. The van der Waals surface area contributed by atoms with E-state index in [-0.39, 0.29) is 5.91 Å². The summed E-state index contributed by atoms with van der Waals surface area (Å²) in [6, 6.07) is 9.90. The molecule has 0 radical (unpaired) electrons. The summed E-state index contributed by atoms with van der Waals surface area (Å²) in [7, 11) is 0. The first-order valence-corrected chi connectivity index (χ1v) is 7.30. The fraction of sp³-hybridized carbons (Fsp3) is 0.222. The summed E-state index contributed by atoms with van der Waals surface area (Å²) < 4.78 is 1.85. The van der Waals surface area contributed by atoms with Gasteiger partial charge in [-0.2, -0.15) is 0 Å². The van der Waals surface area contributed by atoms with Crippen molar-refractivity contribution in [2.45, 2.75) is 27.7 Å². The van der Waals surface area contributed by atoms with Gasteiger partial charge in [0.05, 0.1) is 5.69 Å².